The van der Waals surface area contributed by atoms with Gasteiger partial charge in [-0.15, -0.1) is 0 Å². The molecule has 2 heteroatoms. The lowest BCUT2D eigenvalue weighted by atomic mass is 9.71. The van der Waals surface area contributed by atoms with Crippen LogP contribution < -0.4 is 0 Å². The SMILES string of the molecule is OC1(c2ccccc2-c2ccccc2)CC2CCCC(C1)N2Cc1ccccc1. The Morgan fingerprint density at radius 2 is 1.34 bits per heavy atom. The molecule has 0 radical (unpaired) electrons. The summed E-state index contributed by atoms with van der Waals surface area (Å²) in [5, 5.41) is 11.9. The second-order valence-corrected chi connectivity index (χ2v) is 8.75. The summed E-state index contributed by atoms with van der Waals surface area (Å²) in [5.74, 6) is 0. The molecular weight excluding hydrogens is 354 g/mol. The molecule has 2 aliphatic heterocycles. The van der Waals surface area contributed by atoms with Crippen molar-refractivity contribution >= 4 is 0 Å². The van der Waals surface area contributed by atoms with Gasteiger partial charge in [-0.05, 0) is 47.9 Å². The predicted octanol–water partition coefficient (Wildman–Crippen LogP) is 5.76. The van der Waals surface area contributed by atoms with E-state index in [-0.39, 0.29) is 0 Å². The van der Waals surface area contributed by atoms with Crippen molar-refractivity contribution in [2.24, 2.45) is 0 Å². The van der Waals surface area contributed by atoms with Crippen molar-refractivity contribution in [3.05, 3.63) is 96.1 Å². The van der Waals surface area contributed by atoms with E-state index in [1.165, 1.54) is 36.0 Å². The van der Waals surface area contributed by atoms with Crippen LogP contribution in [0.2, 0.25) is 0 Å². The van der Waals surface area contributed by atoms with Crippen LogP contribution in [0.3, 0.4) is 0 Å². The zero-order valence-corrected chi connectivity index (χ0v) is 16.9. The Kier molecular flexibility index (Phi) is 4.99. The fraction of sp³-hybridized carbons (Fsp3) is 0.333. The molecule has 0 saturated carbocycles. The molecule has 2 heterocycles. The molecule has 2 atom stereocenters. The third-order valence-electron chi connectivity index (χ3n) is 6.88. The van der Waals surface area contributed by atoms with E-state index in [0.717, 1.165) is 24.9 Å². The molecule has 5 rings (SSSR count). The summed E-state index contributed by atoms with van der Waals surface area (Å²) < 4.78 is 0. The molecule has 3 aromatic carbocycles. The molecule has 2 saturated heterocycles. The summed E-state index contributed by atoms with van der Waals surface area (Å²) in [4.78, 5) is 2.67. The number of piperidine rings is 2. The van der Waals surface area contributed by atoms with Crippen molar-refractivity contribution in [2.45, 2.75) is 56.3 Å². The lowest BCUT2D eigenvalue weighted by Crippen LogP contribution is -2.56. The van der Waals surface area contributed by atoms with Gasteiger partial charge in [0.2, 0.25) is 0 Å². The fourth-order valence-corrected chi connectivity index (χ4v) is 5.55. The zero-order chi connectivity index (χ0) is 19.7. The highest BCUT2D eigenvalue weighted by Crippen LogP contribution is 2.47. The van der Waals surface area contributed by atoms with Gasteiger partial charge in [0.25, 0.3) is 0 Å². The number of hydrogen-bond acceptors (Lipinski definition) is 2. The molecule has 2 fully saturated rings. The Bertz CT molecular complexity index is 939. The van der Waals surface area contributed by atoms with Crippen molar-refractivity contribution in [3.63, 3.8) is 0 Å². The topological polar surface area (TPSA) is 23.5 Å². The van der Waals surface area contributed by atoms with E-state index < -0.39 is 5.60 Å². The van der Waals surface area contributed by atoms with Crippen molar-refractivity contribution in [1.82, 2.24) is 4.90 Å². The number of nitrogens with zero attached hydrogens (tertiary/aromatic N) is 1. The van der Waals surface area contributed by atoms with Gasteiger partial charge in [0, 0.05) is 18.6 Å². The van der Waals surface area contributed by atoms with Gasteiger partial charge in [0.15, 0.2) is 0 Å². The molecule has 3 aromatic rings. The van der Waals surface area contributed by atoms with Crippen molar-refractivity contribution in [3.8, 4) is 11.1 Å². The van der Waals surface area contributed by atoms with E-state index in [9.17, 15) is 5.11 Å². The Labute approximate surface area is 173 Å². The zero-order valence-electron chi connectivity index (χ0n) is 16.9. The molecule has 29 heavy (non-hydrogen) atoms. The van der Waals surface area contributed by atoms with Gasteiger partial charge < -0.3 is 5.11 Å². The standard InChI is InChI=1S/C27H29NO/c29-27(26-17-8-7-16-25(26)22-12-5-2-6-13-22)18-23-14-9-15-24(19-27)28(23)20-21-10-3-1-4-11-21/h1-8,10-13,16-17,23-24,29H,9,14-15,18-20H2. The maximum absolute atomic E-state index is 11.9. The molecule has 0 amide bonds. The minimum absolute atomic E-state index is 0.441. The maximum Gasteiger partial charge on any atom is 0.0932 e. The summed E-state index contributed by atoms with van der Waals surface area (Å²) in [7, 11) is 0. The summed E-state index contributed by atoms with van der Waals surface area (Å²) in [6, 6.07) is 30.6. The first-order valence-electron chi connectivity index (χ1n) is 10.9. The van der Waals surface area contributed by atoms with Gasteiger partial charge in [0.05, 0.1) is 5.60 Å². The van der Waals surface area contributed by atoms with Crippen LogP contribution in [0.5, 0.6) is 0 Å². The Morgan fingerprint density at radius 3 is 2.03 bits per heavy atom. The van der Waals surface area contributed by atoms with Crippen LogP contribution >= 0.6 is 0 Å². The van der Waals surface area contributed by atoms with Gasteiger partial charge >= 0.3 is 0 Å². The van der Waals surface area contributed by atoms with Crippen molar-refractivity contribution < 1.29 is 5.11 Å². The first-order chi connectivity index (χ1) is 14.2. The minimum Gasteiger partial charge on any atom is -0.385 e. The third-order valence-corrected chi connectivity index (χ3v) is 6.88. The normalized spacial score (nSPS) is 26.9. The largest absolute Gasteiger partial charge is 0.385 e. The molecular formula is C27H29NO. The number of hydrogen-bond donors (Lipinski definition) is 1. The van der Waals surface area contributed by atoms with Crippen LogP contribution in [0, 0.1) is 0 Å². The Hall–Kier alpha value is -2.42. The van der Waals surface area contributed by atoms with E-state index >= 15 is 0 Å². The van der Waals surface area contributed by atoms with Crippen LogP contribution in [0.1, 0.15) is 43.2 Å². The van der Waals surface area contributed by atoms with Gasteiger partial charge in [-0.25, -0.2) is 0 Å². The second kappa shape index (κ2) is 7.78. The molecule has 0 spiro atoms. The first kappa shape index (κ1) is 18.6. The lowest BCUT2D eigenvalue weighted by Gasteiger charge is -2.52. The van der Waals surface area contributed by atoms with E-state index in [2.05, 4.69) is 83.8 Å². The van der Waals surface area contributed by atoms with Gasteiger partial charge in [0.1, 0.15) is 0 Å². The molecule has 2 unspecified atom stereocenters. The highest BCUT2D eigenvalue weighted by Gasteiger charge is 2.46. The first-order valence-corrected chi connectivity index (χ1v) is 10.9. The monoisotopic (exact) mass is 383 g/mol. The highest BCUT2D eigenvalue weighted by molar-refractivity contribution is 5.68. The second-order valence-electron chi connectivity index (χ2n) is 8.75. The Balaban J connectivity index is 1.47. The quantitative estimate of drug-likeness (QED) is 0.619. The molecule has 2 nitrogen and oxygen atoms in total. The molecule has 2 aliphatic rings. The molecule has 1 N–H and O–H groups in total. The van der Waals surface area contributed by atoms with Crippen LogP contribution in [0.4, 0.5) is 0 Å². The smallest absolute Gasteiger partial charge is 0.0932 e. The molecule has 2 bridgehead atoms. The predicted molar refractivity (Wildman–Crippen MR) is 118 cm³/mol. The van der Waals surface area contributed by atoms with Crippen LogP contribution in [0.25, 0.3) is 11.1 Å². The number of rotatable bonds is 4. The maximum atomic E-state index is 11.9. The third kappa shape index (κ3) is 3.63. The van der Waals surface area contributed by atoms with Gasteiger partial charge in [-0.1, -0.05) is 91.3 Å². The van der Waals surface area contributed by atoms with Crippen LogP contribution in [-0.4, -0.2) is 22.1 Å². The minimum atomic E-state index is -0.755. The summed E-state index contributed by atoms with van der Waals surface area (Å²) >= 11 is 0. The fourth-order valence-electron chi connectivity index (χ4n) is 5.55. The van der Waals surface area contributed by atoms with Crippen molar-refractivity contribution in [1.29, 1.82) is 0 Å². The van der Waals surface area contributed by atoms with E-state index in [4.69, 9.17) is 0 Å². The van der Waals surface area contributed by atoms with E-state index in [1.54, 1.807) is 0 Å². The number of benzene rings is 3. The van der Waals surface area contributed by atoms with Crippen LogP contribution in [0.15, 0.2) is 84.9 Å². The highest BCUT2D eigenvalue weighted by atomic mass is 16.3. The number of fused-ring (bicyclic) bond motifs is 2. The summed E-state index contributed by atoms with van der Waals surface area (Å²) in [5.41, 5.74) is 4.08. The van der Waals surface area contributed by atoms with Gasteiger partial charge in [-0.2, -0.15) is 0 Å². The lowest BCUT2D eigenvalue weighted by molar-refractivity contribution is -0.0996. The number of aliphatic hydroxyl groups is 1. The summed E-state index contributed by atoms with van der Waals surface area (Å²) in [6.45, 7) is 0.993. The van der Waals surface area contributed by atoms with E-state index in [1.807, 2.05) is 6.07 Å². The average Bonchev–Trinajstić information content (AvgIpc) is 2.76. The molecule has 0 aromatic heterocycles. The Morgan fingerprint density at radius 1 is 0.759 bits per heavy atom. The molecule has 0 aliphatic carbocycles. The van der Waals surface area contributed by atoms with Crippen molar-refractivity contribution in [2.75, 3.05) is 0 Å². The summed E-state index contributed by atoms with van der Waals surface area (Å²) in [6.07, 6.45) is 5.27. The van der Waals surface area contributed by atoms with Gasteiger partial charge in [-0.3, -0.25) is 4.90 Å². The molecule has 148 valence electrons. The van der Waals surface area contributed by atoms with Crippen LogP contribution in [-0.2, 0) is 12.1 Å². The van der Waals surface area contributed by atoms with E-state index in [0.29, 0.717) is 12.1 Å². The average molecular weight is 384 g/mol.